The summed E-state index contributed by atoms with van der Waals surface area (Å²) >= 11 is 3.21. The van der Waals surface area contributed by atoms with E-state index in [4.69, 9.17) is 0 Å². The van der Waals surface area contributed by atoms with Crippen LogP contribution in [0.5, 0.6) is 0 Å². The molecule has 0 aliphatic heterocycles. The van der Waals surface area contributed by atoms with Crippen LogP contribution in [-0.4, -0.2) is 45.2 Å². The number of halogens is 2. The molecule has 0 N–H and O–H groups in total. The molecule has 3 rings (SSSR count). The van der Waals surface area contributed by atoms with Gasteiger partial charge in [-0.1, -0.05) is 135 Å². The first-order valence-electron chi connectivity index (χ1n) is 14.6. The molecule has 2 aromatic rings. The van der Waals surface area contributed by atoms with Gasteiger partial charge in [0.2, 0.25) is 0 Å². The molecule has 1 aliphatic rings. The predicted molar refractivity (Wildman–Crippen MR) is 196 cm³/mol. The van der Waals surface area contributed by atoms with E-state index >= 15 is 0 Å². The number of hydrogen-bond donors (Lipinski definition) is 0. The molecule has 0 unspecified atom stereocenters. The van der Waals surface area contributed by atoms with Crippen LogP contribution >= 0.6 is 31.6 Å². The Labute approximate surface area is 309 Å². The van der Waals surface area contributed by atoms with Gasteiger partial charge in [-0.05, 0) is 40.9 Å². The Morgan fingerprint density at radius 2 is 0.905 bits per heavy atom. The van der Waals surface area contributed by atoms with Crippen LogP contribution in [0.2, 0.25) is 0 Å². The van der Waals surface area contributed by atoms with Gasteiger partial charge < -0.3 is 17.0 Å². The van der Waals surface area contributed by atoms with Crippen molar-refractivity contribution in [2.45, 2.75) is 124 Å². The SMILES string of the molecule is BrB=C1C=CC=C1.CC(C)P(C(C)C)C(C)C.CC(C)P(C(C)C)C(C)C.Cc1ccccc1.[Br-].[Fe].[Pt].c1cc[cH-]c1. The summed E-state index contributed by atoms with van der Waals surface area (Å²) in [6.45, 7) is 30.3. The van der Waals surface area contributed by atoms with Crippen molar-refractivity contribution in [1.29, 1.82) is 0 Å². The molecular weight excluding hydrogens is 904 g/mol. The summed E-state index contributed by atoms with van der Waals surface area (Å²) in [5.41, 5.74) is 7.93. The van der Waals surface area contributed by atoms with Gasteiger partial charge in [0.15, 0.2) is 0 Å². The van der Waals surface area contributed by atoms with Crippen molar-refractivity contribution in [3.63, 3.8) is 0 Å². The van der Waals surface area contributed by atoms with Crippen LogP contribution in [0, 0.1) is 6.92 Å². The number of allylic oxidation sites excluding steroid dienone is 4. The zero-order valence-electron chi connectivity index (χ0n) is 28.4. The standard InChI is InChI=1S/2C9H21P.C7H8.C5H4BBr.C5H5.BrH.Fe.Pt/c2*1-7(2)10(8(3)4)9(5)6;1-7-5-3-2-4-6-7;7-6-5-3-1-2-4-5;1-2-4-5-3-1;;;/h2*7-9H,1-6H3;2-6H,1H3;1-4H;1-5H;1H;;/q;;;;-1;;;/p-1. The molecule has 1 aliphatic carbocycles. The minimum Gasteiger partial charge on any atom is -1.00 e. The fraction of sp³-hybridized carbons (Fsp3) is 0.543. The average molecular weight is 963 g/mol. The van der Waals surface area contributed by atoms with Gasteiger partial charge >= 0.3 is 51.3 Å². The van der Waals surface area contributed by atoms with Crippen molar-refractivity contribution < 1.29 is 55.1 Å². The van der Waals surface area contributed by atoms with Crippen molar-refractivity contribution >= 4 is 42.8 Å². The van der Waals surface area contributed by atoms with Crippen LogP contribution in [-0.2, 0) is 38.1 Å². The molecule has 246 valence electrons. The fourth-order valence-corrected chi connectivity index (χ4v) is 12.4. The van der Waals surface area contributed by atoms with Crippen molar-refractivity contribution in [2.24, 2.45) is 0 Å². The Balaban J connectivity index is -0.000000135. The third-order valence-corrected chi connectivity index (χ3v) is 13.6. The Hall–Kier alpha value is 1.01. The van der Waals surface area contributed by atoms with E-state index in [9.17, 15) is 0 Å². The maximum Gasteiger partial charge on any atom is 0 e. The van der Waals surface area contributed by atoms with Crippen molar-refractivity contribution in [2.75, 3.05) is 0 Å². The maximum absolute atomic E-state index is 3.21. The van der Waals surface area contributed by atoms with E-state index in [2.05, 4.69) is 118 Å². The molecule has 2 aromatic carbocycles. The van der Waals surface area contributed by atoms with Gasteiger partial charge in [0.1, 0.15) is 0 Å². The van der Waals surface area contributed by atoms with Crippen LogP contribution in [0.3, 0.4) is 0 Å². The molecule has 0 radical (unpaired) electrons. The molecule has 0 spiro atoms. The second-order valence-electron chi connectivity index (χ2n) is 11.4. The van der Waals surface area contributed by atoms with Gasteiger partial charge in [0.05, 0.1) is 0 Å². The van der Waals surface area contributed by atoms with Crippen LogP contribution in [0.25, 0.3) is 0 Å². The van der Waals surface area contributed by atoms with Gasteiger partial charge in [-0.15, -0.1) is 0 Å². The molecule has 42 heavy (non-hydrogen) atoms. The first-order chi connectivity index (χ1) is 18.3. The number of rotatable bonds is 6. The van der Waals surface area contributed by atoms with Gasteiger partial charge in [-0.3, -0.25) is 0 Å². The second kappa shape index (κ2) is 33.4. The smallest absolute Gasteiger partial charge is 0 e. The molecule has 0 nitrogen and oxygen atoms in total. The summed E-state index contributed by atoms with van der Waals surface area (Å²) < 4.78 is 0. The molecule has 7 heteroatoms. The molecule has 0 aromatic heterocycles. The van der Waals surface area contributed by atoms with Gasteiger partial charge in [-0.25, -0.2) is 12.1 Å². The summed E-state index contributed by atoms with van der Waals surface area (Å²) in [5.74, 6) is 1.90. The van der Waals surface area contributed by atoms with E-state index in [0.29, 0.717) is 0 Å². The third kappa shape index (κ3) is 29.7. The Bertz CT molecular complexity index is 788. The largest absolute Gasteiger partial charge is 1.00 e. The summed E-state index contributed by atoms with van der Waals surface area (Å²) in [6.07, 6.45) is 8.09. The Kier molecular flexibility index (Phi) is 41.8. The van der Waals surface area contributed by atoms with Crippen molar-refractivity contribution in [3.8, 4) is 0 Å². The zero-order chi connectivity index (χ0) is 30.4. The number of benzene rings is 1. The quantitative estimate of drug-likeness (QED) is 0.154. The summed E-state index contributed by atoms with van der Waals surface area (Å²) in [6, 6.07) is 20.3. The summed E-state index contributed by atoms with van der Waals surface area (Å²) in [4.78, 5) is 0. The molecule has 0 bridgehead atoms. The minimum absolute atomic E-state index is 0. The Morgan fingerprint density at radius 1 is 0.595 bits per heavy atom. The van der Waals surface area contributed by atoms with Crippen LogP contribution < -0.4 is 17.0 Å². The number of hydrogen-bond acceptors (Lipinski definition) is 0. The number of aryl methyl sites for hydroxylation is 1. The summed E-state index contributed by atoms with van der Waals surface area (Å²) in [5, 5.41) is 0. The second-order valence-corrected chi connectivity index (χ2v) is 19.8. The molecule has 0 heterocycles. The minimum atomic E-state index is 0. The summed E-state index contributed by atoms with van der Waals surface area (Å²) in [7, 11) is 0.525. The third-order valence-electron chi connectivity index (χ3n) is 5.89. The molecule has 0 saturated heterocycles. The molecule has 0 fully saturated rings. The monoisotopic (exact) mass is 961 g/mol. The Morgan fingerprint density at radius 3 is 1.02 bits per heavy atom. The van der Waals surface area contributed by atoms with E-state index < -0.39 is 0 Å². The van der Waals surface area contributed by atoms with E-state index in [1.54, 1.807) is 0 Å². The average Bonchev–Trinajstić information content (AvgIpc) is 3.56. The normalized spacial score (nSPS) is 11.0. The van der Waals surface area contributed by atoms with Gasteiger partial charge in [-0.2, -0.15) is 18.2 Å². The van der Waals surface area contributed by atoms with Gasteiger partial charge in [0, 0.05) is 38.1 Å². The van der Waals surface area contributed by atoms with E-state index in [1.807, 2.05) is 78.6 Å². The van der Waals surface area contributed by atoms with Crippen LogP contribution in [0.4, 0.5) is 0 Å². The van der Waals surface area contributed by atoms with E-state index in [1.165, 1.54) is 11.0 Å². The zero-order valence-corrected chi connectivity index (χ0v) is 36.8. The van der Waals surface area contributed by atoms with Crippen LogP contribution in [0.15, 0.2) is 85.0 Å². The fourth-order valence-electron chi connectivity index (χ4n) is 4.89. The maximum atomic E-state index is 3.21. The first-order valence-corrected chi connectivity index (χ1v) is 18.7. The van der Waals surface area contributed by atoms with Crippen molar-refractivity contribution in [3.05, 3.63) is 90.5 Å². The van der Waals surface area contributed by atoms with E-state index in [-0.39, 0.29) is 71.0 Å². The topological polar surface area (TPSA) is 0 Å². The molecular formula is C35H59BBr2FeP2Pt-2. The van der Waals surface area contributed by atoms with Crippen molar-refractivity contribution in [1.82, 2.24) is 0 Å². The first kappa shape index (κ1) is 52.5. The molecule has 0 amide bonds. The van der Waals surface area contributed by atoms with Gasteiger partial charge in [0.25, 0.3) is 0 Å². The van der Waals surface area contributed by atoms with E-state index in [0.717, 1.165) is 34.0 Å². The molecule has 0 atom stereocenters. The molecule has 0 saturated carbocycles. The van der Waals surface area contributed by atoms with Crippen LogP contribution in [0.1, 0.15) is 88.6 Å². The predicted octanol–water partition coefficient (Wildman–Crippen LogP) is 9.09.